The van der Waals surface area contributed by atoms with Crippen molar-refractivity contribution in [1.82, 2.24) is 14.8 Å². The number of nitrogens with one attached hydrogen (secondary N) is 1. The summed E-state index contributed by atoms with van der Waals surface area (Å²) < 4.78 is 5.74. The van der Waals surface area contributed by atoms with E-state index in [1.54, 1.807) is 18.3 Å². The SMILES string of the molecule is O=C(O[C@H]1CCN2C[C@H]3C[C@H](C(=O)N4CCCC[C@H]34)[C@@H]2C1)c1ccc[nH]1. The van der Waals surface area contributed by atoms with Gasteiger partial charge in [0.2, 0.25) is 5.91 Å². The first-order chi connectivity index (χ1) is 12.7. The number of H-pyrrole nitrogens is 1. The summed E-state index contributed by atoms with van der Waals surface area (Å²) >= 11 is 0. The summed E-state index contributed by atoms with van der Waals surface area (Å²) in [5, 5.41) is 0. The van der Waals surface area contributed by atoms with Crippen LogP contribution in [0.3, 0.4) is 0 Å². The quantitative estimate of drug-likeness (QED) is 0.823. The molecule has 1 aromatic rings. The summed E-state index contributed by atoms with van der Waals surface area (Å²) in [4.78, 5) is 33.0. The Morgan fingerprint density at radius 3 is 2.92 bits per heavy atom. The molecule has 5 heterocycles. The fourth-order valence-electron chi connectivity index (χ4n) is 5.77. The zero-order valence-electron chi connectivity index (χ0n) is 15.1. The van der Waals surface area contributed by atoms with Crippen LogP contribution in [0.25, 0.3) is 0 Å². The molecule has 1 N–H and O–H groups in total. The lowest BCUT2D eigenvalue weighted by Gasteiger charge is -2.56. The van der Waals surface area contributed by atoms with Gasteiger partial charge in [0, 0.05) is 44.3 Å². The summed E-state index contributed by atoms with van der Waals surface area (Å²) in [6.45, 7) is 2.97. The maximum atomic E-state index is 13.1. The monoisotopic (exact) mass is 357 g/mol. The van der Waals surface area contributed by atoms with E-state index in [-0.39, 0.29) is 24.0 Å². The minimum absolute atomic E-state index is 0.0875. The zero-order valence-corrected chi connectivity index (χ0v) is 15.1. The van der Waals surface area contributed by atoms with Gasteiger partial charge in [-0.05, 0) is 50.2 Å². The highest BCUT2D eigenvalue weighted by molar-refractivity contribution is 5.87. The van der Waals surface area contributed by atoms with E-state index in [2.05, 4.69) is 14.8 Å². The second kappa shape index (κ2) is 6.41. The van der Waals surface area contributed by atoms with E-state index in [4.69, 9.17) is 4.74 Å². The predicted octanol–water partition coefficient (Wildman–Crippen LogP) is 2.04. The van der Waals surface area contributed by atoms with E-state index in [1.165, 1.54) is 12.8 Å². The first kappa shape index (κ1) is 16.4. The summed E-state index contributed by atoms with van der Waals surface area (Å²) in [7, 11) is 0. The lowest BCUT2D eigenvalue weighted by molar-refractivity contribution is -0.161. The molecule has 4 aliphatic rings. The second-order valence-corrected chi connectivity index (χ2v) is 8.39. The van der Waals surface area contributed by atoms with Crippen LogP contribution in [0.1, 0.15) is 49.0 Å². The van der Waals surface area contributed by atoms with Crippen LogP contribution in [0, 0.1) is 11.8 Å². The molecule has 0 radical (unpaired) electrons. The number of esters is 1. The van der Waals surface area contributed by atoms with Crippen LogP contribution >= 0.6 is 0 Å². The molecule has 2 bridgehead atoms. The van der Waals surface area contributed by atoms with Crippen LogP contribution in [0.5, 0.6) is 0 Å². The molecular formula is C20H27N3O3. The van der Waals surface area contributed by atoms with Crippen LogP contribution in [-0.2, 0) is 9.53 Å². The Morgan fingerprint density at radius 2 is 2.08 bits per heavy atom. The number of carbonyl (C=O) groups is 2. The highest BCUT2D eigenvalue weighted by Gasteiger charge is 2.52. The van der Waals surface area contributed by atoms with Crippen LogP contribution in [0.4, 0.5) is 0 Å². The van der Waals surface area contributed by atoms with E-state index < -0.39 is 0 Å². The minimum atomic E-state index is -0.284. The molecule has 5 rings (SSSR count). The maximum Gasteiger partial charge on any atom is 0.355 e. The Bertz CT molecular complexity index is 688. The van der Waals surface area contributed by atoms with Gasteiger partial charge in [0.05, 0.1) is 5.92 Å². The molecule has 0 aliphatic carbocycles. The molecule has 4 aliphatic heterocycles. The molecule has 0 aromatic carbocycles. The van der Waals surface area contributed by atoms with Gasteiger partial charge >= 0.3 is 5.97 Å². The van der Waals surface area contributed by atoms with Gasteiger partial charge in [0.15, 0.2) is 0 Å². The van der Waals surface area contributed by atoms with Crippen LogP contribution < -0.4 is 0 Å². The number of aromatic nitrogens is 1. The molecule has 26 heavy (non-hydrogen) atoms. The van der Waals surface area contributed by atoms with Gasteiger partial charge in [-0.25, -0.2) is 4.79 Å². The molecule has 0 saturated carbocycles. The number of aromatic amines is 1. The van der Waals surface area contributed by atoms with E-state index in [0.29, 0.717) is 23.6 Å². The Morgan fingerprint density at radius 1 is 1.15 bits per heavy atom. The van der Waals surface area contributed by atoms with Gasteiger partial charge in [-0.3, -0.25) is 9.69 Å². The number of piperidine rings is 4. The van der Waals surface area contributed by atoms with Crippen molar-refractivity contribution < 1.29 is 14.3 Å². The third kappa shape index (κ3) is 2.66. The lowest BCUT2D eigenvalue weighted by Crippen LogP contribution is -2.66. The number of hydrogen-bond acceptors (Lipinski definition) is 4. The summed E-state index contributed by atoms with van der Waals surface area (Å²) in [5.41, 5.74) is 0.501. The first-order valence-electron chi connectivity index (χ1n) is 10.1. The number of hydrogen-bond donors (Lipinski definition) is 1. The fraction of sp³-hybridized carbons (Fsp3) is 0.700. The van der Waals surface area contributed by atoms with Gasteiger partial charge in [-0.15, -0.1) is 0 Å². The molecular weight excluding hydrogens is 330 g/mol. The molecule has 4 fully saturated rings. The summed E-state index contributed by atoms with van der Waals surface area (Å²) in [5.74, 6) is 0.799. The lowest BCUT2D eigenvalue weighted by atomic mass is 9.70. The van der Waals surface area contributed by atoms with Crippen LogP contribution in [0.15, 0.2) is 18.3 Å². The van der Waals surface area contributed by atoms with Crippen molar-refractivity contribution >= 4 is 11.9 Å². The normalized spacial score (nSPS) is 37.0. The van der Waals surface area contributed by atoms with Gasteiger partial charge in [-0.2, -0.15) is 0 Å². The van der Waals surface area contributed by atoms with Crippen molar-refractivity contribution in [3.63, 3.8) is 0 Å². The van der Waals surface area contributed by atoms with Crippen LogP contribution in [-0.4, -0.2) is 64.5 Å². The van der Waals surface area contributed by atoms with Gasteiger partial charge in [0.1, 0.15) is 11.8 Å². The van der Waals surface area contributed by atoms with Gasteiger partial charge in [-0.1, -0.05) is 0 Å². The van der Waals surface area contributed by atoms with E-state index in [0.717, 1.165) is 45.3 Å². The highest BCUT2D eigenvalue weighted by atomic mass is 16.5. The zero-order chi connectivity index (χ0) is 17.7. The number of carbonyl (C=O) groups excluding carboxylic acids is 2. The fourth-order valence-corrected chi connectivity index (χ4v) is 5.77. The smallest absolute Gasteiger partial charge is 0.355 e. The van der Waals surface area contributed by atoms with Gasteiger partial charge < -0.3 is 14.6 Å². The van der Waals surface area contributed by atoms with E-state index in [9.17, 15) is 9.59 Å². The Kier molecular flexibility index (Phi) is 4.03. The molecule has 6 nitrogen and oxygen atoms in total. The number of ether oxygens (including phenoxy) is 1. The van der Waals surface area contributed by atoms with Crippen LogP contribution in [0.2, 0.25) is 0 Å². The minimum Gasteiger partial charge on any atom is -0.458 e. The van der Waals surface area contributed by atoms with Crippen molar-refractivity contribution in [3.8, 4) is 0 Å². The highest BCUT2D eigenvalue weighted by Crippen LogP contribution is 2.43. The first-order valence-corrected chi connectivity index (χ1v) is 10.1. The van der Waals surface area contributed by atoms with Crippen molar-refractivity contribution in [2.45, 2.75) is 56.7 Å². The maximum absolute atomic E-state index is 13.1. The largest absolute Gasteiger partial charge is 0.458 e. The van der Waals surface area contributed by atoms with E-state index >= 15 is 0 Å². The Balaban J connectivity index is 1.30. The Labute approximate surface area is 153 Å². The molecule has 1 amide bonds. The summed E-state index contributed by atoms with van der Waals surface area (Å²) in [6, 6.07) is 4.24. The molecule has 1 aromatic heterocycles. The molecule has 0 unspecified atom stereocenters. The molecule has 0 spiro atoms. The van der Waals surface area contributed by atoms with Crippen molar-refractivity contribution in [3.05, 3.63) is 24.0 Å². The third-order valence-electron chi connectivity index (χ3n) is 6.99. The topological polar surface area (TPSA) is 65.6 Å². The van der Waals surface area contributed by atoms with Crippen molar-refractivity contribution in [2.24, 2.45) is 11.8 Å². The second-order valence-electron chi connectivity index (χ2n) is 8.39. The predicted molar refractivity (Wildman–Crippen MR) is 95.5 cm³/mol. The standard InChI is InChI=1S/C20H27N3O3/c24-19-15-10-13(17-5-1-2-8-23(17)19)12-22-9-6-14(11-18(15)22)26-20(25)16-4-3-7-21-16/h3-4,7,13-15,17-18,21H,1-2,5-6,8-12H2/t13-,14+,15+,17-,18+/m1/s1. The number of rotatable bonds is 2. The average Bonchev–Trinajstić information content (AvgIpc) is 3.21. The molecule has 140 valence electrons. The number of fused-ring (bicyclic) bond motifs is 6. The molecule has 6 heteroatoms. The van der Waals surface area contributed by atoms with E-state index in [1.807, 2.05) is 0 Å². The van der Waals surface area contributed by atoms with Gasteiger partial charge in [0.25, 0.3) is 0 Å². The van der Waals surface area contributed by atoms with Crippen molar-refractivity contribution in [2.75, 3.05) is 19.6 Å². The van der Waals surface area contributed by atoms with Crippen molar-refractivity contribution in [1.29, 1.82) is 0 Å². The number of nitrogens with zero attached hydrogens (tertiary/aromatic N) is 2. The summed E-state index contributed by atoms with van der Waals surface area (Å²) in [6.07, 6.45) is 7.91. The molecule has 5 atom stereocenters. The number of amides is 1. The molecule has 4 saturated heterocycles. The Hall–Kier alpha value is -1.82. The average molecular weight is 357 g/mol. The third-order valence-corrected chi connectivity index (χ3v) is 6.99.